The second kappa shape index (κ2) is 12.7. The van der Waals surface area contributed by atoms with Gasteiger partial charge in [-0.3, -0.25) is 0 Å². The quantitative estimate of drug-likeness (QED) is 0.159. The number of anilines is 6. The van der Waals surface area contributed by atoms with Crippen molar-refractivity contribution in [2.24, 2.45) is 0 Å². The minimum absolute atomic E-state index is 0.350. The van der Waals surface area contributed by atoms with E-state index in [-0.39, 0.29) is 6.03 Å². The number of rotatable bonds is 2. The molecule has 41 heavy (non-hydrogen) atoms. The Hall–Kier alpha value is -4.55. The number of carbonyl (C=O) groups excluding carboxylic acids is 1. The van der Waals surface area contributed by atoms with Crippen LogP contribution in [-0.2, 0) is 17.6 Å². The number of urea groups is 1. The van der Waals surface area contributed by atoms with Gasteiger partial charge in [0.1, 0.15) is 5.02 Å². The number of benzene rings is 3. The SMILES string of the molecule is O=C(Nc1cccc(Cl)c1)Nc1ccc2cc1CCc1cccc(c1)Nc1ncc(Cl)c(n1)N2.O=C(O)C(F)(F)F. The lowest BCUT2D eigenvalue weighted by molar-refractivity contribution is -0.192. The third-order valence-electron chi connectivity index (χ3n) is 5.55. The molecular weight excluding hydrogens is 584 g/mol. The summed E-state index contributed by atoms with van der Waals surface area (Å²) in [5.41, 5.74) is 5.12. The summed E-state index contributed by atoms with van der Waals surface area (Å²) >= 11 is 12.4. The van der Waals surface area contributed by atoms with Gasteiger partial charge in [0.05, 0.1) is 6.20 Å². The highest BCUT2D eigenvalue weighted by molar-refractivity contribution is 6.33. The summed E-state index contributed by atoms with van der Waals surface area (Å²) in [6.07, 6.45) is -2.04. The number of aromatic nitrogens is 2. The van der Waals surface area contributed by atoms with Crippen molar-refractivity contribution in [3.05, 3.63) is 94.1 Å². The van der Waals surface area contributed by atoms with Gasteiger partial charge < -0.3 is 26.4 Å². The number of hydrogen-bond donors (Lipinski definition) is 5. The number of fused-ring (bicyclic) bond motifs is 6. The number of carbonyl (C=O) groups is 2. The Kier molecular flexibility index (Phi) is 9.15. The summed E-state index contributed by atoms with van der Waals surface area (Å²) < 4.78 is 31.7. The van der Waals surface area contributed by atoms with Crippen LogP contribution in [0.2, 0.25) is 10.0 Å². The molecule has 0 fully saturated rings. The number of nitrogens with zero attached hydrogens (tertiary/aromatic N) is 2. The summed E-state index contributed by atoms with van der Waals surface area (Å²) in [6, 6.07) is 20.4. The highest BCUT2D eigenvalue weighted by Gasteiger charge is 2.38. The van der Waals surface area contributed by atoms with E-state index in [2.05, 4.69) is 43.4 Å². The van der Waals surface area contributed by atoms with Gasteiger partial charge in [-0.2, -0.15) is 18.2 Å². The largest absolute Gasteiger partial charge is 0.490 e. The van der Waals surface area contributed by atoms with E-state index in [9.17, 15) is 18.0 Å². The molecule has 0 saturated heterocycles. The number of alkyl halides is 3. The zero-order valence-electron chi connectivity index (χ0n) is 20.9. The van der Waals surface area contributed by atoms with Gasteiger partial charge in [0.15, 0.2) is 5.82 Å². The average Bonchev–Trinajstić information content (AvgIpc) is 2.90. The van der Waals surface area contributed by atoms with Gasteiger partial charge in [-0.25, -0.2) is 14.6 Å². The molecule has 3 aromatic carbocycles. The number of aliphatic carboxylic acids is 1. The number of nitrogens with one attached hydrogen (secondary N) is 4. The number of amides is 2. The van der Waals surface area contributed by atoms with Crippen LogP contribution in [0.1, 0.15) is 11.1 Å². The minimum Gasteiger partial charge on any atom is -0.475 e. The average molecular weight is 605 g/mol. The fraction of sp³-hybridized carbons (Fsp3) is 0.111. The Balaban J connectivity index is 0.000000493. The number of carboxylic acids is 1. The first-order valence-electron chi connectivity index (χ1n) is 11.9. The van der Waals surface area contributed by atoms with Crippen molar-refractivity contribution >= 4 is 69.7 Å². The Bertz CT molecular complexity index is 1590. The molecule has 9 nitrogen and oxygen atoms in total. The summed E-state index contributed by atoms with van der Waals surface area (Å²) in [5.74, 6) is -1.83. The summed E-state index contributed by atoms with van der Waals surface area (Å²) in [5, 5.41) is 20.3. The van der Waals surface area contributed by atoms with Crippen LogP contribution < -0.4 is 21.3 Å². The molecule has 0 radical (unpaired) electrons. The maximum atomic E-state index is 12.7. The second-order valence-electron chi connectivity index (χ2n) is 8.60. The maximum Gasteiger partial charge on any atom is 0.490 e. The van der Waals surface area contributed by atoms with Gasteiger partial charge in [-0.1, -0.05) is 41.4 Å². The van der Waals surface area contributed by atoms with Crippen LogP contribution in [0.3, 0.4) is 0 Å². The Morgan fingerprint density at radius 2 is 1.63 bits per heavy atom. The standard InChI is InChI=1S/C25H20Cl2N6O.C2HF3O2/c26-17-4-2-6-19(13-17)31-25(34)32-22-10-9-20-12-16(22)8-7-15-3-1-5-18(11-15)30-24-28-14-21(27)23(29-20)33-24;3-2(4,5)1(6)7/h1-6,9-14H,7-8H2,(H2,31,32,34)(H2,28,29,30,33);(H,6,7). The van der Waals surface area contributed by atoms with Gasteiger partial charge in [0.2, 0.25) is 5.95 Å². The van der Waals surface area contributed by atoms with Crippen LogP contribution in [0.5, 0.6) is 0 Å². The minimum atomic E-state index is -5.08. The fourth-order valence-corrected chi connectivity index (χ4v) is 4.04. The van der Waals surface area contributed by atoms with Gasteiger partial charge in [0.25, 0.3) is 0 Å². The highest BCUT2D eigenvalue weighted by Crippen LogP contribution is 2.29. The molecule has 212 valence electrons. The van der Waals surface area contributed by atoms with E-state index in [1.165, 1.54) is 0 Å². The van der Waals surface area contributed by atoms with E-state index in [4.69, 9.17) is 33.1 Å². The number of aryl methyl sites for hydroxylation is 2. The number of carboxylic acid groups (broad SMARTS) is 1. The molecule has 0 atom stereocenters. The number of halogens is 5. The lowest BCUT2D eigenvalue weighted by atomic mass is 10.0. The Morgan fingerprint density at radius 3 is 2.37 bits per heavy atom. The first-order chi connectivity index (χ1) is 19.5. The molecule has 2 amide bonds. The monoisotopic (exact) mass is 604 g/mol. The van der Waals surface area contributed by atoms with E-state index < -0.39 is 12.1 Å². The molecule has 5 rings (SSSR count). The Labute approximate surface area is 241 Å². The maximum absolute atomic E-state index is 12.7. The fourth-order valence-electron chi connectivity index (χ4n) is 3.72. The summed E-state index contributed by atoms with van der Waals surface area (Å²) in [6.45, 7) is 0. The molecule has 1 aliphatic heterocycles. The zero-order valence-corrected chi connectivity index (χ0v) is 22.4. The topological polar surface area (TPSA) is 128 Å². The summed E-state index contributed by atoms with van der Waals surface area (Å²) in [7, 11) is 0. The number of hydrogen-bond acceptors (Lipinski definition) is 6. The van der Waals surface area contributed by atoms with E-state index in [0.29, 0.717) is 39.6 Å². The van der Waals surface area contributed by atoms with E-state index in [1.807, 2.05) is 30.3 Å². The van der Waals surface area contributed by atoms with Crippen LogP contribution in [0.4, 0.5) is 52.5 Å². The lowest BCUT2D eigenvalue weighted by Gasteiger charge is -2.15. The molecule has 0 unspecified atom stereocenters. The van der Waals surface area contributed by atoms with Crippen molar-refractivity contribution < 1.29 is 27.9 Å². The van der Waals surface area contributed by atoms with Gasteiger partial charge in [-0.15, -0.1) is 0 Å². The smallest absolute Gasteiger partial charge is 0.475 e. The van der Waals surface area contributed by atoms with Gasteiger partial charge >= 0.3 is 18.2 Å². The third kappa shape index (κ3) is 8.47. The van der Waals surface area contributed by atoms with Crippen molar-refractivity contribution in [2.75, 3.05) is 21.3 Å². The van der Waals surface area contributed by atoms with Crippen LogP contribution >= 0.6 is 23.2 Å². The predicted molar refractivity (Wildman–Crippen MR) is 152 cm³/mol. The molecule has 5 N–H and O–H groups in total. The van der Waals surface area contributed by atoms with Crippen LogP contribution in [0.15, 0.2) is 72.9 Å². The normalized spacial score (nSPS) is 12.0. The second-order valence-corrected chi connectivity index (χ2v) is 9.45. The van der Waals surface area contributed by atoms with E-state index in [0.717, 1.165) is 28.9 Å². The molecule has 0 spiro atoms. The van der Waals surface area contributed by atoms with Crippen molar-refractivity contribution in [1.29, 1.82) is 0 Å². The van der Waals surface area contributed by atoms with E-state index >= 15 is 0 Å². The molecule has 2 heterocycles. The van der Waals surface area contributed by atoms with Crippen LogP contribution in [-0.4, -0.2) is 33.3 Å². The molecule has 0 saturated carbocycles. The zero-order chi connectivity index (χ0) is 29.6. The summed E-state index contributed by atoms with van der Waals surface area (Å²) in [4.78, 5) is 30.3. The molecule has 14 heteroatoms. The molecular formula is C27H21Cl2F3N6O3. The third-order valence-corrected chi connectivity index (χ3v) is 6.06. The first kappa shape index (κ1) is 29.4. The van der Waals surface area contributed by atoms with Gasteiger partial charge in [0, 0.05) is 27.8 Å². The van der Waals surface area contributed by atoms with Crippen LogP contribution in [0.25, 0.3) is 0 Å². The molecule has 4 aromatic rings. The Morgan fingerprint density at radius 1 is 0.902 bits per heavy atom. The van der Waals surface area contributed by atoms with E-state index in [1.54, 1.807) is 30.5 Å². The van der Waals surface area contributed by atoms with Crippen molar-refractivity contribution in [3.8, 4) is 0 Å². The lowest BCUT2D eigenvalue weighted by Crippen LogP contribution is -2.21. The molecule has 1 aromatic heterocycles. The highest BCUT2D eigenvalue weighted by atomic mass is 35.5. The van der Waals surface area contributed by atoms with Crippen molar-refractivity contribution in [3.63, 3.8) is 0 Å². The van der Waals surface area contributed by atoms with Crippen molar-refractivity contribution in [2.45, 2.75) is 19.0 Å². The molecule has 6 bridgehead atoms. The van der Waals surface area contributed by atoms with Crippen LogP contribution in [0, 0.1) is 0 Å². The predicted octanol–water partition coefficient (Wildman–Crippen LogP) is 7.65. The van der Waals surface area contributed by atoms with Gasteiger partial charge in [-0.05, 0) is 72.5 Å². The molecule has 1 aliphatic rings. The first-order valence-corrected chi connectivity index (χ1v) is 12.6. The van der Waals surface area contributed by atoms with Crippen molar-refractivity contribution in [1.82, 2.24) is 9.97 Å². The molecule has 0 aliphatic carbocycles.